The van der Waals surface area contributed by atoms with E-state index in [2.05, 4.69) is 11.8 Å². The molecular weight excluding hydrogens is 292 g/mol. The van der Waals surface area contributed by atoms with E-state index in [9.17, 15) is 4.79 Å². The van der Waals surface area contributed by atoms with Gasteiger partial charge in [0.15, 0.2) is 0 Å². The molecule has 3 nitrogen and oxygen atoms in total. The highest BCUT2D eigenvalue weighted by Gasteiger charge is 2.20. The van der Waals surface area contributed by atoms with E-state index in [1.165, 1.54) is 12.8 Å². The van der Waals surface area contributed by atoms with Crippen LogP contribution in [0.5, 0.6) is 0 Å². The van der Waals surface area contributed by atoms with E-state index in [0.717, 1.165) is 34.8 Å². The van der Waals surface area contributed by atoms with Gasteiger partial charge in [-0.1, -0.05) is 18.5 Å². The van der Waals surface area contributed by atoms with Gasteiger partial charge in [-0.2, -0.15) is 0 Å². The largest absolute Gasteiger partial charge is 0.337 e. The van der Waals surface area contributed by atoms with Gasteiger partial charge in [0.2, 0.25) is 5.91 Å². The molecule has 1 aromatic rings. The normalized spacial score (nSPS) is 17.4. The van der Waals surface area contributed by atoms with Crippen LogP contribution >= 0.6 is 22.9 Å². The molecule has 2 heterocycles. The second-order valence-electron chi connectivity index (χ2n) is 5.57. The van der Waals surface area contributed by atoms with Crippen molar-refractivity contribution in [3.05, 3.63) is 21.3 Å². The average molecular weight is 315 g/mol. The zero-order valence-electron chi connectivity index (χ0n) is 12.3. The van der Waals surface area contributed by atoms with E-state index < -0.39 is 0 Å². The van der Waals surface area contributed by atoms with Crippen molar-refractivity contribution in [3.8, 4) is 0 Å². The Morgan fingerprint density at radius 2 is 2.15 bits per heavy atom. The lowest BCUT2D eigenvalue weighted by molar-refractivity contribution is -0.133. The van der Waals surface area contributed by atoms with E-state index >= 15 is 0 Å². The number of amides is 1. The summed E-state index contributed by atoms with van der Waals surface area (Å²) in [6.07, 6.45) is 2.42. The molecule has 1 fully saturated rings. The highest BCUT2D eigenvalue weighted by molar-refractivity contribution is 7.16. The number of thiophene rings is 1. The van der Waals surface area contributed by atoms with E-state index in [0.29, 0.717) is 13.1 Å². The molecule has 1 amide bonds. The molecule has 1 aromatic heterocycles. The minimum absolute atomic E-state index is 0.228. The topological polar surface area (TPSA) is 23.6 Å². The quantitative estimate of drug-likeness (QED) is 0.830. The molecule has 0 saturated carbocycles. The molecular formula is C15H23ClN2OS. The molecule has 20 heavy (non-hydrogen) atoms. The first-order valence-corrected chi connectivity index (χ1v) is 8.52. The van der Waals surface area contributed by atoms with E-state index in [1.54, 1.807) is 11.3 Å². The van der Waals surface area contributed by atoms with Crippen molar-refractivity contribution in [2.24, 2.45) is 5.92 Å². The molecule has 1 saturated heterocycles. The SMILES string of the molecule is CCN(Cc1ccc(Cl)s1)C(=O)CN1CCC(C)CC1. The van der Waals surface area contributed by atoms with Gasteiger partial charge in [0, 0.05) is 11.4 Å². The predicted molar refractivity (Wildman–Crippen MR) is 85.3 cm³/mol. The number of likely N-dealkylation sites (N-methyl/N-ethyl adjacent to an activating group) is 1. The van der Waals surface area contributed by atoms with Crippen LogP contribution in [-0.2, 0) is 11.3 Å². The first kappa shape index (κ1) is 15.8. The van der Waals surface area contributed by atoms with Gasteiger partial charge in [0.05, 0.1) is 17.4 Å². The fraction of sp³-hybridized carbons (Fsp3) is 0.667. The minimum Gasteiger partial charge on any atom is -0.337 e. The molecule has 0 spiro atoms. The van der Waals surface area contributed by atoms with Crippen molar-refractivity contribution in [1.82, 2.24) is 9.80 Å². The smallest absolute Gasteiger partial charge is 0.237 e. The highest BCUT2D eigenvalue weighted by atomic mass is 35.5. The summed E-state index contributed by atoms with van der Waals surface area (Å²) in [6.45, 7) is 8.41. The third-order valence-corrected chi connectivity index (χ3v) is 5.16. The summed E-state index contributed by atoms with van der Waals surface area (Å²) in [6, 6.07) is 3.90. The highest BCUT2D eigenvalue weighted by Crippen LogP contribution is 2.23. The standard InChI is InChI=1S/C15H23ClN2OS/c1-3-18(10-13-4-5-14(16)20-13)15(19)11-17-8-6-12(2)7-9-17/h4-5,12H,3,6-11H2,1-2H3. The Kier molecular flexibility index (Phi) is 5.87. The number of piperidine rings is 1. The van der Waals surface area contributed by atoms with Crippen molar-refractivity contribution >= 4 is 28.8 Å². The Labute approximate surface area is 130 Å². The molecule has 0 aromatic carbocycles. The number of nitrogens with zero attached hydrogens (tertiary/aromatic N) is 2. The Balaban J connectivity index is 1.85. The number of halogens is 1. The molecule has 2 rings (SSSR count). The summed E-state index contributed by atoms with van der Waals surface area (Å²) in [4.78, 5) is 17.7. The fourth-order valence-electron chi connectivity index (χ4n) is 2.51. The Hall–Kier alpha value is -0.580. The maximum Gasteiger partial charge on any atom is 0.237 e. The van der Waals surface area contributed by atoms with Crippen molar-refractivity contribution in [3.63, 3.8) is 0 Å². The Morgan fingerprint density at radius 3 is 2.70 bits per heavy atom. The van der Waals surface area contributed by atoms with Gasteiger partial charge in [-0.05, 0) is 50.9 Å². The van der Waals surface area contributed by atoms with Crippen LogP contribution in [0.15, 0.2) is 12.1 Å². The van der Waals surface area contributed by atoms with Gasteiger partial charge >= 0.3 is 0 Å². The summed E-state index contributed by atoms with van der Waals surface area (Å²) in [5.41, 5.74) is 0. The number of hydrogen-bond donors (Lipinski definition) is 0. The predicted octanol–water partition coefficient (Wildman–Crippen LogP) is 3.48. The lowest BCUT2D eigenvalue weighted by Crippen LogP contribution is -2.42. The molecule has 0 bridgehead atoms. The van der Waals surface area contributed by atoms with Crippen LogP contribution in [0.4, 0.5) is 0 Å². The van der Waals surface area contributed by atoms with Gasteiger partial charge in [0.1, 0.15) is 0 Å². The molecule has 0 N–H and O–H groups in total. The lowest BCUT2D eigenvalue weighted by Gasteiger charge is -2.31. The van der Waals surface area contributed by atoms with E-state index in [1.807, 2.05) is 24.0 Å². The molecule has 0 atom stereocenters. The van der Waals surface area contributed by atoms with Gasteiger partial charge in [-0.15, -0.1) is 11.3 Å². The summed E-state index contributed by atoms with van der Waals surface area (Å²) < 4.78 is 0.786. The third kappa shape index (κ3) is 4.47. The van der Waals surface area contributed by atoms with Crippen molar-refractivity contribution in [2.75, 3.05) is 26.2 Å². The first-order chi connectivity index (χ1) is 9.58. The Bertz CT molecular complexity index is 441. The van der Waals surface area contributed by atoms with Gasteiger partial charge in [-0.3, -0.25) is 9.69 Å². The van der Waals surface area contributed by atoms with Crippen LogP contribution in [-0.4, -0.2) is 41.9 Å². The monoisotopic (exact) mass is 314 g/mol. The summed E-state index contributed by atoms with van der Waals surface area (Å²) >= 11 is 7.50. The molecule has 1 aliphatic heterocycles. The van der Waals surface area contributed by atoms with Crippen molar-refractivity contribution in [1.29, 1.82) is 0 Å². The van der Waals surface area contributed by atoms with Crippen LogP contribution in [0.1, 0.15) is 31.6 Å². The number of likely N-dealkylation sites (tertiary alicyclic amines) is 1. The van der Waals surface area contributed by atoms with Crippen molar-refractivity contribution in [2.45, 2.75) is 33.2 Å². The number of hydrogen-bond acceptors (Lipinski definition) is 3. The zero-order chi connectivity index (χ0) is 14.5. The van der Waals surface area contributed by atoms with Crippen LogP contribution < -0.4 is 0 Å². The van der Waals surface area contributed by atoms with E-state index in [4.69, 9.17) is 11.6 Å². The fourth-order valence-corrected chi connectivity index (χ4v) is 3.62. The summed E-state index contributed by atoms with van der Waals surface area (Å²) in [5.74, 6) is 1.03. The van der Waals surface area contributed by atoms with Gasteiger partial charge in [0.25, 0.3) is 0 Å². The minimum atomic E-state index is 0.228. The zero-order valence-corrected chi connectivity index (χ0v) is 13.8. The molecule has 5 heteroatoms. The van der Waals surface area contributed by atoms with Crippen LogP contribution in [0.3, 0.4) is 0 Å². The van der Waals surface area contributed by atoms with E-state index in [-0.39, 0.29) is 5.91 Å². The lowest BCUT2D eigenvalue weighted by atomic mass is 9.99. The number of carbonyl (C=O) groups is 1. The second kappa shape index (κ2) is 7.43. The summed E-state index contributed by atoms with van der Waals surface area (Å²) in [7, 11) is 0. The molecule has 0 aliphatic carbocycles. The molecule has 0 unspecified atom stereocenters. The first-order valence-electron chi connectivity index (χ1n) is 7.32. The molecule has 1 aliphatic rings. The van der Waals surface area contributed by atoms with Crippen LogP contribution in [0.25, 0.3) is 0 Å². The molecule has 0 radical (unpaired) electrons. The third-order valence-electron chi connectivity index (χ3n) is 3.95. The number of carbonyl (C=O) groups excluding carboxylic acids is 1. The summed E-state index contributed by atoms with van der Waals surface area (Å²) in [5, 5.41) is 0. The second-order valence-corrected chi connectivity index (χ2v) is 7.37. The maximum atomic E-state index is 12.4. The van der Waals surface area contributed by atoms with Crippen LogP contribution in [0.2, 0.25) is 4.34 Å². The average Bonchev–Trinajstić information content (AvgIpc) is 2.84. The maximum absolute atomic E-state index is 12.4. The Morgan fingerprint density at radius 1 is 1.45 bits per heavy atom. The van der Waals surface area contributed by atoms with Gasteiger partial charge < -0.3 is 4.90 Å². The van der Waals surface area contributed by atoms with Crippen LogP contribution in [0, 0.1) is 5.92 Å². The van der Waals surface area contributed by atoms with Gasteiger partial charge in [-0.25, -0.2) is 0 Å². The number of rotatable bonds is 5. The molecule has 112 valence electrons. The van der Waals surface area contributed by atoms with Crippen molar-refractivity contribution < 1.29 is 4.79 Å².